The summed E-state index contributed by atoms with van der Waals surface area (Å²) in [7, 11) is 1.94. The highest BCUT2D eigenvalue weighted by molar-refractivity contribution is 6.30. The maximum atomic E-state index is 13.3. The van der Waals surface area contributed by atoms with Gasteiger partial charge in [-0.15, -0.1) is 0 Å². The molecule has 5 heteroatoms. The van der Waals surface area contributed by atoms with Crippen LogP contribution in [0, 0.1) is 0 Å². The van der Waals surface area contributed by atoms with Gasteiger partial charge in [0.1, 0.15) is 5.82 Å². The molecule has 0 aliphatic heterocycles. The number of hydrogen-bond donors (Lipinski definition) is 1. The number of benzene rings is 2. The molecule has 4 aromatic rings. The van der Waals surface area contributed by atoms with Gasteiger partial charge in [-0.3, -0.25) is 4.79 Å². The average Bonchev–Trinajstić information content (AvgIpc) is 2.72. The molecule has 0 unspecified atom stereocenters. The Labute approximate surface area is 168 Å². The van der Waals surface area contributed by atoms with E-state index in [0.29, 0.717) is 28.3 Å². The number of pyridine rings is 2. The second kappa shape index (κ2) is 7.87. The third kappa shape index (κ3) is 3.64. The summed E-state index contributed by atoms with van der Waals surface area (Å²) in [5.74, 6) is 0.616. The number of hydrogen-bond acceptors (Lipinski definition) is 3. The third-order valence-electron chi connectivity index (χ3n) is 4.81. The van der Waals surface area contributed by atoms with Crippen LogP contribution in [0.25, 0.3) is 22.0 Å². The number of nitrogens with zero attached hydrogens (tertiary/aromatic N) is 2. The molecule has 0 atom stereocenters. The fraction of sp³-hybridized carbons (Fsp3) is 0.130. The van der Waals surface area contributed by atoms with Crippen LogP contribution in [0.5, 0.6) is 0 Å². The summed E-state index contributed by atoms with van der Waals surface area (Å²) in [6.45, 7) is 0.699. The summed E-state index contributed by atoms with van der Waals surface area (Å²) >= 11 is 5.99. The highest BCUT2D eigenvalue weighted by Crippen LogP contribution is 2.24. The van der Waals surface area contributed by atoms with E-state index in [4.69, 9.17) is 11.6 Å². The monoisotopic (exact) mass is 389 g/mol. The molecular weight excluding hydrogens is 370 g/mol. The van der Waals surface area contributed by atoms with E-state index in [-0.39, 0.29) is 5.43 Å². The quantitative estimate of drug-likeness (QED) is 0.527. The molecular formula is C23H20ClN3O. The van der Waals surface area contributed by atoms with Gasteiger partial charge < -0.3 is 9.88 Å². The van der Waals surface area contributed by atoms with Gasteiger partial charge in [-0.1, -0.05) is 54.1 Å². The molecule has 2 aromatic carbocycles. The van der Waals surface area contributed by atoms with Gasteiger partial charge in [-0.2, -0.15) is 0 Å². The Kier molecular flexibility index (Phi) is 5.13. The zero-order valence-corrected chi connectivity index (χ0v) is 16.3. The fourth-order valence-corrected chi connectivity index (χ4v) is 3.49. The lowest BCUT2D eigenvalue weighted by molar-refractivity contribution is 0.948. The molecule has 0 bridgehead atoms. The maximum Gasteiger partial charge on any atom is 0.200 e. The number of fused-ring (bicyclic) bond motifs is 1. The average molecular weight is 390 g/mol. The first-order chi connectivity index (χ1) is 13.6. The van der Waals surface area contributed by atoms with E-state index in [1.807, 2.05) is 54.2 Å². The van der Waals surface area contributed by atoms with E-state index < -0.39 is 0 Å². The van der Waals surface area contributed by atoms with Crippen molar-refractivity contribution in [3.63, 3.8) is 0 Å². The van der Waals surface area contributed by atoms with E-state index in [1.165, 1.54) is 5.56 Å². The molecule has 0 spiro atoms. The van der Waals surface area contributed by atoms with E-state index in [2.05, 4.69) is 22.4 Å². The van der Waals surface area contributed by atoms with Gasteiger partial charge in [0.2, 0.25) is 5.43 Å². The van der Waals surface area contributed by atoms with Crippen LogP contribution in [-0.2, 0) is 13.5 Å². The lowest BCUT2D eigenvalue weighted by atomic mass is 10.0. The van der Waals surface area contributed by atoms with Crippen LogP contribution in [0.1, 0.15) is 5.56 Å². The number of rotatable bonds is 5. The molecule has 0 saturated heterocycles. The highest BCUT2D eigenvalue weighted by Gasteiger charge is 2.13. The molecule has 0 amide bonds. The summed E-state index contributed by atoms with van der Waals surface area (Å²) in [6.07, 6.45) is 4.45. The Balaban J connectivity index is 1.73. The summed E-state index contributed by atoms with van der Waals surface area (Å²) in [4.78, 5) is 17.7. The molecule has 28 heavy (non-hydrogen) atoms. The van der Waals surface area contributed by atoms with E-state index in [1.54, 1.807) is 18.3 Å². The lowest BCUT2D eigenvalue weighted by Gasteiger charge is -2.13. The van der Waals surface area contributed by atoms with Crippen molar-refractivity contribution in [1.29, 1.82) is 0 Å². The molecule has 0 aliphatic rings. The molecule has 0 aliphatic carbocycles. The van der Waals surface area contributed by atoms with Gasteiger partial charge in [-0.05, 0) is 35.7 Å². The zero-order chi connectivity index (χ0) is 19.5. The van der Waals surface area contributed by atoms with Crippen molar-refractivity contribution in [3.05, 3.63) is 93.9 Å². The highest BCUT2D eigenvalue weighted by atomic mass is 35.5. The Morgan fingerprint density at radius 1 is 1.04 bits per heavy atom. The van der Waals surface area contributed by atoms with E-state index >= 15 is 0 Å². The Hall–Kier alpha value is -3.11. The van der Waals surface area contributed by atoms with E-state index in [9.17, 15) is 4.79 Å². The molecule has 4 nitrogen and oxygen atoms in total. The Bertz CT molecular complexity index is 1170. The van der Waals surface area contributed by atoms with Crippen LogP contribution in [-0.4, -0.2) is 16.1 Å². The molecule has 4 rings (SSSR count). The van der Waals surface area contributed by atoms with Crippen LogP contribution in [0.3, 0.4) is 0 Å². The van der Waals surface area contributed by atoms with Crippen LogP contribution in [0.15, 0.2) is 77.9 Å². The number of anilines is 1. The van der Waals surface area contributed by atoms with Gasteiger partial charge in [0, 0.05) is 36.6 Å². The van der Waals surface area contributed by atoms with Crippen molar-refractivity contribution in [1.82, 2.24) is 9.55 Å². The van der Waals surface area contributed by atoms with Gasteiger partial charge in [0.15, 0.2) is 0 Å². The van der Waals surface area contributed by atoms with Crippen molar-refractivity contribution in [2.75, 3.05) is 11.9 Å². The third-order valence-corrected chi connectivity index (χ3v) is 5.06. The Morgan fingerprint density at radius 3 is 2.54 bits per heavy atom. The Morgan fingerprint density at radius 2 is 1.79 bits per heavy atom. The van der Waals surface area contributed by atoms with Crippen molar-refractivity contribution in [2.24, 2.45) is 7.05 Å². The topological polar surface area (TPSA) is 46.9 Å². The fourth-order valence-electron chi connectivity index (χ4n) is 3.36. The van der Waals surface area contributed by atoms with Gasteiger partial charge >= 0.3 is 0 Å². The minimum Gasteiger partial charge on any atom is -0.369 e. The number of aryl methyl sites for hydroxylation is 1. The first-order valence-corrected chi connectivity index (χ1v) is 9.53. The van der Waals surface area contributed by atoms with Crippen molar-refractivity contribution >= 4 is 28.3 Å². The molecule has 2 heterocycles. The number of halogens is 1. The minimum absolute atomic E-state index is 0.0364. The normalized spacial score (nSPS) is 10.9. The predicted octanol–water partition coefficient (Wildman–Crippen LogP) is 4.91. The predicted molar refractivity (Wildman–Crippen MR) is 116 cm³/mol. The first-order valence-electron chi connectivity index (χ1n) is 9.15. The molecule has 1 N–H and O–H groups in total. The molecule has 0 radical (unpaired) electrons. The van der Waals surface area contributed by atoms with Crippen LogP contribution >= 0.6 is 11.6 Å². The molecule has 2 aromatic heterocycles. The summed E-state index contributed by atoms with van der Waals surface area (Å²) < 4.78 is 1.96. The second-order valence-corrected chi connectivity index (χ2v) is 7.14. The minimum atomic E-state index is -0.0364. The summed E-state index contributed by atoms with van der Waals surface area (Å²) in [6, 6.07) is 19.4. The largest absolute Gasteiger partial charge is 0.369 e. The smallest absolute Gasteiger partial charge is 0.200 e. The van der Waals surface area contributed by atoms with Crippen LogP contribution < -0.4 is 10.7 Å². The number of aromatic nitrogens is 2. The summed E-state index contributed by atoms with van der Waals surface area (Å²) in [5, 5.41) is 4.59. The van der Waals surface area contributed by atoms with Crippen LogP contribution in [0.2, 0.25) is 5.02 Å². The summed E-state index contributed by atoms with van der Waals surface area (Å²) in [5.41, 5.74) is 3.52. The SMILES string of the molecule is Cn1cc(-c2ccc(Cl)cc2)c(=O)c2c(NCCc3ccccc3)nccc21. The van der Waals surface area contributed by atoms with Crippen molar-refractivity contribution in [3.8, 4) is 11.1 Å². The lowest BCUT2D eigenvalue weighted by Crippen LogP contribution is -2.15. The van der Waals surface area contributed by atoms with E-state index in [0.717, 1.165) is 17.5 Å². The maximum absolute atomic E-state index is 13.3. The molecule has 0 saturated carbocycles. The van der Waals surface area contributed by atoms with Gasteiger partial charge in [0.05, 0.1) is 10.9 Å². The molecule has 140 valence electrons. The van der Waals surface area contributed by atoms with Crippen molar-refractivity contribution < 1.29 is 0 Å². The number of nitrogens with one attached hydrogen (secondary N) is 1. The van der Waals surface area contributed by atoms with Crippen LogP contribution in [0.4, 0.5) is 5.82 Å². The van der Waals surface area contributed by atoms with Gasteiger partial charge in [0.25, 0.3) is 0 Å². The molecule has 0 fully saturated rings. The van der Waals surface area contributed by atoms with Crippen molar-refractivity contribution in [2.45, 2.75) is 6.42 Å². The zero-order valence-electron chi connectivity index (χ0n) is 15.5. The standard InChI is InChI=1S/C23H20ClN3O/c1-27-15-19(17-7-9-18(24)10-8-17)22(28)21-20(27)12-14-26-23(21)25-13-11-16-5-3-2-4-6-16/h2-10,12,14-15H,11,13H2,1H3,(H,25,26). The second-order valence-electron chi connectivity index (χ2n) is 6.71. The first kappa shape index (κ1) is 18.3. The van der Waals surface area contributed by atoms with Gasteiger partial charge in [-0.25, -0.2) is 4.98 Å².